The zero-order valence-electron chi connectivity index (χ0n) is 16.8. The predicted molar refractivity (Wildman–Crippen MR) is 112 cm³/mol. The van der Waals surface area contributed by atoms with Crippen molar-refractivity contribution in [2.75, 3.05) is 26.2 Å². The van der Waals surface area contributed by atoms with E-state index < -0.39 is 0 Å². The molecule has 4 heteroatoms. The molecule has 0 radical (unpaired) electrons. The van der Waals surface area contributed by atoms with Gasteiger partial charge in [0.25, 0.3) is 0 Å². The van der Waals surface area contributed by atoms with E-state index in [4.69, 9.17) is 4.74 Å². The summed E-state index contributed by atoms with van der Waals surface area (Å²) >= 11 is 0. The van der Waals surface area contributed by atoms with E-state index in [1.165, 1.54) is 30.5 Å². The van der Waals surface area contributed by atoms with Crippen molar-refractivity contribution in [2.45, 2.75) is 45.3 Å². The standard InChI is InChI=1S/C24H30N2O2/c1-19-6-4-13-26(19)14-5-15-28-23-11-9-20(10-12-23)24(27)18-25-16-21-7-2-3-8-22(21)17-25/h2-3,7-12,19H,4-6,13-18H2,1H3/t19-/m1/s1. The van der Waals surface area contributed by atoms with Gasteiger partial charge in [-0.05, 0) is 68.1 Å². The van der Waals surface area contributed by atoms with Crippen LogP contribution in [0.2, 0.25) is 0 Å². The number of ether oxygens (including phenoxy) is 1. The molecule has 2 aliphatic rings. The summed E-state index contributed by atoms with van der Waals surface area (Å²) in [5.74, 6) is 1.02. The van der Waals surface area contributed by atoms with Crippen LogP contribution in [0.25, 0.3) is 0 Å². The van der Waals surface area contributed by atoms with Crippen molar-refractivity contribution >= 4 is 5.78 Å². The van der Waals surface area contributed by atoms with Crippen molar-refractivity contribution in [2.24, 2.45) is 0 Å². The van der Waals surface area contributed by atoms with Gasteiger partial charge in [0.15, 0.2) is 5.78 Å². The number of rotatable bonds is 8. The predicted octanol–water partition coefficient (Wildman–Crippen LogP) is 4.14. The van der Waals surface area contributed by atoms with Gasteiger partial charge in [0.2, 0.25) is 0 Å². The van der Waals surface area contributed by atoms with Crippen LogP contribution in [0, 0.1) is 0 Å². The fourth-order valence-corrected chi connectivity index (χ4v) is 4.33. The minimum Gasteiger partial charge on any atom is -0.494 e. The highest BCUT2D eigenvalue weighted by molar-refractivity contribution is 5.97. The molecule has 2 aromatic rings. The van der Waals surface area contributed by atoms with Gasteiger partial charge >= 0.3 is 0 Å². The number of fused-ring (bicyclic) bond motifs is 1. The van der Waals surface area contributed by atoms with Gasteiger partial charge in [-0.1, -0.05) is 24.3 Å². The Labute approximate surface area is 168 Å². The van der Waals surface area contributed by atoms with E-state index in [1.807, 2.05) is 24.3 Å². The average Bonchev–Trinajstić information content (AvgIpc) is 3.31. The number of hydrogen-bond acceptors (Lipinski definition) is 4. The minimum absolute atomic E-state index is 0.169. The molecule has 0 amide bonds. The van der Waals surface area contributed by atoms with Crippen LogP contribution in [0.1, 0.15) is 47.7 Å². The summed E-state index contributed by atoms with van der Waals surface area (Å²) in [6, 6.07) is 16.8. The van der Waals surface area contributed by atoms with Crippen LogP contribution >= 0.6 is 0 Å². The van der Waals surface area contributed by atoms with Gasteiger partial charge in [-0.3, -0.25) is 9.69 Å². The summed E-state index contributed by atoms with van der Waals surface area (Å²) in [5, 5.41) is 0. The van der Waals surface area contributed by atoms with Gasteiger partial charge in [-0.25, -0.2) is 0 Å². The summed E-state index contributed by atoms with van der Waals surface area (Å²) in [6.45, 7) is 7.55. The van der Waals surface area contributed by atoms with E-state index in [9.17, 15) is 4.79 Å². The van der Waals surface area contributed by atoms with E-state index in [-0.39, 0.29) is 5.78 Å². The summed E-state index contributed by atoms with van der Waals surface area (Å²) in [6.07, 6.45) is 3.68. The van der Waals surface area contributed by atoms with Gasteiger partial charge in [0.1, 0.15) is 5.75 Å². The Morgan fingerprint density at radius 3 is 2.43 bits per heavy atom. The molecule has 1 fully saturated rings. The molecule has 1 saturated heterocycles. The number of benzene rings is 2. The van der Waals surface area contributed by atoms with Crippen molar-refractivity contribution in [1.29, 1.82) is 0 Å². The van der Waals surface area contributed by atoms with Gasteiger partial charge in [-0.2, -0.15) is 0 Å². The van der Waals surface area contributed by atoms with Gasteiger partial charge in [0.05, 0.1) is 13.2 Å². The highest BCUT2D eigenvalue weighted by atomic mass is 16.5. The molecule has 0 aliphatic carbocycles. The molecule has 0 spiro atoms. The third-order valence-electron chi connectivity index (χ3n) is 6.00. The second kappa shape index (κ2) is 8.89. The van der Waals surface area contributed by atoms with Crippen LogP contribution < -0.4 is 4.74 Å². The zero-order chi connectivity index (χ0) is 19.3. The Hall–Kier alpha value is -2.17. The maximum absolute atomic E-state index is 12.6. The number of Topliss-reactive ketones (excluding diaryl/α,β-unsaturated/α-hetero) is 1. The molecule has 0 aromatic heterocycles. The Morgan fingerprint density at radius 2 is 1.79 bits per heavy atom. The number of nitrogens with zero attached hydrogens (tertiary/aromatic N) is 2. The van der Waals surface area contributed by atoms with Crippen molar-refractivity contribution in [3.05, 3.63) is 65.2 Å². The smallest absolute Gasteiger partial charge is 0.176 e. The lowest BCUT2D eigenvalue weighted by molar-refractivity contribution is 0.0929. The number of likely N-dealkylation sites (tertiary alicyclic amines) is 1. The Bertz CT molecular complexity index is 778. The lowest BCUT2D eigenvalue weighted by Gasteiger charge is -2.20. The molecule has 1 atom stereocenters. The highest BCUT2D eigenvalue weighted by Gasteiger charge is 2.21. The van der Waals surface area contributed by atoms with Crippen molar-refractivity contribution in [3.8, 4) is 5.75 Å². The zero-order valence-corrected chi connectivity index (χ0v) is 16.8. The lowest BCUT2D eigenvalue weighted by Crippen LogP contribution is -2.28. The number of hydrogen-bond donors (Lipinski definition) is 0. The first-order valence-corrected chi connectivity index (χ1v) is 10.5. The molecular weight excluding hydrogens is 348 g/mol. The van der Waals surface area contributed by atoms with Crippen molar-refractivity contribution in [3.63, 3.8) is 0 Å². The summed E-state index contributed by atoms with van der Waals surface area (Å²) in [7, 11) is 0. The monoisotopic (exact) mass is 378 g/mol. The first-order chi connectivity index (χ1) is 13.7. The molecule has 28 heavy (non-hydrogen) atoms. The van der Waals surface area contributed by atoms with Crippen molar-refractivity contribution in [1.82, 2.24) is 9.80 Å². The largest absolute Gasteiger partial charge is 0.494 e. The van der Waals surface area contributed by atoms with Crippen LogP contribution in [-0.4, -0.2) is 47.9 Å². The third-order valence-corrected chi connectivity index (χ3v) is 6.00. The van der Waals surface area contributed by atoms with Crippen LogP contribution in [0.15, 0.2) is 48.5 Å². The number of carbonyl (C=O) groups is 1. The first-order valence-electron chi connectivity index (χ1n) is 10.5. The normalized spacial score (nSPS) is 19.7. The van der Waals surface area contributed by atoms with Crippen LogP contribution in [-0.2, 0) is 13.1 Å². The molecule has 0 N–H and O–H groups in total. The molecule has 2 heterocycles. The van der Waals surface area contributed by atoms with Crippen LogP contribution in [0.5, 0.6) is 5.75 Å². The summed E-state index contributed by atoms with van der Waals surface area (Å²) in [5.41, 5.74) is 3.43. The number of carbonyl (C=O) groups excluding carboxylic acids is 1. The van der Waals surface area contributed by atoms with Gasteiger partial charge < -0.3 is 9.64 Å². The Balaban J connectivity index is 1.21. The Morgan fingerprint density at radius 1 is 1.07 bits per heavy atom. The molecule has 2 aliphatic heterocycles. The van der Waals surface area contributed by atoms with E-state index in [1.54, 1.807) is 0 Å². The van der Waals surface area contributed by atoms with E-state index in [0.29, 0.717) is 12.6 Å². The molecule has 148 valence electrons. The van der Waals surface area contributed by atoms with Crippen molar-refractivity contribution < 1.29 is 9.53 Å². The number of ketones is 1. The molecule has 4 rings (SSSR count). The minimum atomic E-state index is 0.169. The quantitative estimate of drug-likeness (QED) is 0.511. The van der Waals surface area contributed by atoms with E-state index in [0.717, 1.165) is 44.0 Å². The average molecular weight is 379 g/mol. The summed E-state index contributed by atoms with van der Waals surface area (Å²) in [4.78, 5) is 17.4. The van der Waals surface area contributed by atoms with Crippen LogP contribution in [0.3, 0.4) is 0 Å². The highest BCUT2D eigenvalue weighted by Crippen LogP contribution is 2.23. The summed E-state index contributed by atoms with van der Waals surface area (Å²) < 4.78 is 5.86. The Kier molecular flexibility index (Phi) is 6.08. The fourth-order valence-electron chi connectivity index (χ4n) is 4.33. The first kappa shape index (κ1) is 19.2. The molecule has 0 saturated carbocycles. The van der Waals surface area contributed by atoms with E-state index >= 15 is 0 Å². The van der Waals surface area contributed by atoms with Gasteiger partial charge in [0, 0.05) is 31.2 Å². The van der Waals surface area contributed by atoms with Gasteiger partial charge in [-0.15, -0.1) is 0 Å². The van der Waals surface area contributed by atoms with Crippen LogP contribution in [0.4, 0.5) is 0 Å². The second-order valence-electron chi connectivity index (χ2n) is 8.09. The maximum Gasteiger partial charge on any atom is 0.176 e. The second-order valence-corrected chi connectivity index (χ2v) is 8.09. The third kappa shape index (κ3) is 4.62. The molecule has 4 nitrogen and oxygen atoms in total. The SMILES string of the molecule is C[C@@H]1CCCN1CCCOc1ccc(C(=O)CN2Cc3ccccc3C2)cc1. The topological polar surface area (TPSA) is 32.8 Å². The molecule has 0 bridgehead atoms. The molecule has 0 unspecified atom stereocenters. The lowest BCUT2D eigenvalue weighted by atomic mass is 10.1. The van der Waals surface area contributed by atoms with E-state index in [2.05, 4.69) is 41.0 Å². The molecule has 2 aromatic carbocycles. The fraction of sp³-hybridized carbons (Fsp3) is 0.458. The maximum atomic E-state index is 12.6. The molecular formula is C24H30N2O2.